The first-order valence-corrected chi connectivity index (χ1v) is 35.5. The van der Waals surface area contributed by atoms with Crippen molar-refractivity contribution in [2.45, 2.75) is 143 Å². The average molecular weight is 1720 g/mol. The van der Waals surface area contributed by atoms with Gasteiger partial charge in [-0.3, -0.25) is 33.9 Å². The zero-order chi connectivity index (χ0) is 75.0. The van der Waals surface area contributed by atoms with Crippen LogP contribution in [0.2, 0.25) is 25.1 Å². The number of hydrogen-bond acceptors (Lipinski definition) is 14. The molecule has 5 heterocycles. The number of fused-ring (bicyclic) bond motifs is 4. The van der Waals surface area contributed by atoms with E-state index >= 15 is 0 Å². The van der Waals surface area contributed by atoms with Gasteiger partial charge in [0.25, 0.3) is 22.2 Å². The number of benzene rings is 5. The van der Waals surface area contributed by atoms with Gasteiger partial charge in [0.2, 0.25) is 5.79 Å². The van der Waals surface area contributed by atoms with E-state index < -0.39 is 43.5 Å². The maximum absolute atomic E-state index is 12.2. The first-order valence-electron chi connectivity index (χ1n) is 30.2. The zero-order valence-corrected chi connectivity index (χ0v) is 74.5. The quantitative estimate of drug-likeness (QED) is 0.0175. The van der Waals surface area contributed by atoms with Crippen LogP contribution in [0.25, 0.3) is 43.6 Å². The Morgan fingerprint density at radius 3 is 1.26 bits per heavy atom. The second-order valence-electron chi connectivity index (χ2n) is 25.6. The molecule has 0 saturated carbocycles. The number of halogens is 6. The van der Waals surface area contributed by atoms with Crippen LogP contribution in [0, 0.1) is 0 Å². The summed E-state index contributed by atoms with van der Waals surface area (Å²) in [7, 11) is -3.83. The van der Waals surface area contributed by atoms with Crippen LogP contribution in [0.3, 0.4) is 0 Å². The number of nitrogens with one attached hydrogen (secondary N) is 5. The van der Waals surface area contributed by atoms with Crippen molar-refractivity contribution in [1.29, 1.82) is 0 Å². The topological polar surface area (TPSA) is 355 Å². The minimum Gasteiger partial charge on any atom is -1.00 e. The number of ketones is 1. The molecule has 5 atom stereocenters. The van der Waals surface area contributed by atoms with Crippen molar-refractivity contribution in [1.82, 2.24) is 24.7 Å². The summed E-state index contributed by atoms with van der Waals surface area (Å²) in [5.41, 5.74) is 16.1. The summed E-state index contributed by atoms with van der Waals surface area (Å²) >= 11 is 29.2. The van der Waals surface area contributed by atoms with Gasteiger partial charge in [-0.15, -0.1) is 12.4 Å². The fourth-order valence-electron chi connectivity index (χ4n) is 8.17. The van der Waals surface area contributed by atoms with Gasteiger partial charge >= 0.3 is 35.5 Å². The van der Waals surface area contributed by atoms with Gasteiger partial charge in [-0.2, -0.15) is 58.4 Å². The van der Waals surface area contributed by atoms with Crippen LogP contribution >= 0.6 is 124 Å². The molecule has 0 saturated heterocycles. The fraction of sp³-hybridized carbons (Fsp3) is 0.314. The molecule has 36 heteroatoms. The predicted molar refractivity (Wildman–Crippen MR) is 464 cm³/mol. The van der Waals surface area contributed by atoms with Gasteiger partial charge in [0.05, 0.1) is 59.1 Å². The summed E-state index contributed by atoms with van der Waals surface area (Å²) in [6.45, 7) is 28.4. The summed E-state index contributed by atoms with van der Waals surface area (Å²) in [4.78, 5) is 90.4. The molecule has 21 nitrogen and oxygen atoms in total. The number of carbonyl (C=O) groups excluding carboxylic acids is 3. The van der Waals surface area contributed by atoms with E-state index in [1.54, 1.807) is 144 Å². The Balaban J connectivity index is -0.000000383. The summed E-state index contributed by atoms with van der Waals surface area (Å²) in [6.07, 6.45) is 2.01. The van der Waals surface area contributed by atoms with Crippen molar-refractivity contribution < 1.29 is 67.5 Å². The Kier molecular flexibility index (Phi) is 48.2. The van der Waals surface area contributed by atoms with E-state index in [4.69, 9.17) is 84.1 Å². The molecule has 10 rings (SSSR count). The van der Waals surface area contributed by atoms with Crippen molar-refractivity contribution in [3.8, 4) is 0 Å². The first kappa shape index (κ1) is 108. The molecular weight excluding hydrogens is 1630 g/mol. The number of H-pyrrole nitrogens is 4. The number of esters is 1. The Labute approximate surface area is 709 Å². The number of nitrogens with two attached hydrogens (primary N) is 3. The normalized spacial score (nSPS) is 13.3. The van der Waals surface area contributed by atoms with Gasteiger partial charge in [-0.25, -0.2) is 22.1 Å². The molecule has 577 valence electrons. The van der Waals surface area contributed by atoms with Crippen LogP contribution in [0.5, 0.6) is 0 Å². The van der Waals surface area contributed by atoms with Crippen molar-refractivity contribution in [2.75, 3.05) is 5.73 Å². The summed E-state index contributed by atoms with van der Waals surface area (Å²) in [5.74, 6) is -0.788. The van der Waals surface area contributed by atoms with E-state index in [0.29, 0.717) is 81.8 Å². The molecular formula is C70H92BCl6N9NaO12S7. The molecule has 106 heavy (non-hydrogen) atoms. The number of carbonyl (C=O) groups is 3. The smallest absolute Gasteiger partial charge is 1.00 e. The average Bonchev–Trinajstić information content (AvgIpc) is 0.797. The molecule has 5 aromatic carbocycles. The number of aromatic amines is 4. The summed E-state index contributed by atoms with van der Waals surface area (Å²) in [6, 6.07) is 32.0. The first-order chi connectivity index (χ1) is 45.7. The fourth-order valence-corrected chi connectivity index (χ4v) is 10.5. The van der Waals surface area contributed by atoms with Crippen LogP contribution in [0.4, 0.5) is 5.69 Å². The van der Waals surface area contributed by atoms with Gasteiger partial charge in [0.15, 0.2) is 12.1 Å². The van der Waals surface area contributed by atoms with Crippen LogP contribution in [0.1, 0.15) is 162 Å². The number of Topliss-reactive ketones (excluding diaryl/α,β-unsaturated/α-hetero) is 1. The van der Waals surface area contributed by atoms with Crippen LogP contribution < -0.4 is 73.1 Å². The molecule has 1 aliphatic heterocycles. The number of nitrogen functional groups attached to an aromatic ring is 1. The van der Waals surface area contributed by atoms with Crippen molar-refractivity contribution in [3.05, 3.63) is 221 Å². The number of rotatable bonds is 8. The molecule has 1 aliphatic rings. The monoisotopic (exact) mass is 1720 g/mol. The number of cyclic esters (lactones) is 1. The van der Waals surface area contributed by atoms with E-state index in [-0.39, 0.29) is 167 Å². The number of hydrogen-bond donors (Lipinski definition) is 8. The Morgan fingerprint density at radius 2 is 0.925 bits per heavy atom. The molecule has 0 fully saturated rings. The van der Waals surface area contributed by atoms with Gasteiger partial charge in [-0.05, 0) is 212 Å². The van der Waals surface area contributed by atoms with Gasteiger partial charge in [0, 0.05) is 125 Å². The molecule has 9 aromatic rings. The van der Waals surface area contributed by atoms with Gasteiger partial charge in [-0.1, -0.05) is 58.0 Å². The Morgan fingerprint density at radius 1 is 0.575 bits per heavy atom. The van der Waals surface area contributed by atoms with E-state index in [9.17, 15) is 46.2 Å². The molecule has 0 spiro atoms. The standard InChI is InChI=1S/C15H19ClN2O2S.C15H17ClN2O2S.C11H11ClN2O.C11H8ClNO2.C7H6ClNO.C7H10O3.C4H11NOS.B.ClH.Na.4H2S.H/c2*1-9(18-21(20)15(2,3)4)12-8-10-7-11(16)5-6-13(10)17-14(12)19;1-6(13)9-5-7-4-8(12)2-3-10(7)14-11(9)15;1-6(14)9-5-7-4-8(12)2-3-10(7)13-11(9)15;8-6-1-2-7(9)5(3-6)4-10;1-5-4-6(8)10-7(2,3)9-5;1-4(2,3)7(5)6;;;;;;;;/h5-9,18H,1-4H3,(H,17,19);5-8H,1-4H3,(H,17,19);2-6H,13H2,1H3,(H,14,15);2-5H,1H3,(H,13,15);1-4H,9H2;4H,1-3H3;5H2,1-3H3;;1H;;4*1H2;/q;;;;;;;;;+1;;;;;-1/t9-,21-;21-;6-;;;;7-;;;;;;;;/m000...0......../s1. The second-order valence-corrected chi connectivity index (χ2v) is 33.5. The summed E-state index contributed by atoms with van der Waals surface area (Å²) < 4.78 is 50.6. The number of allylic oxidation sites excluding steroid dienone is 1. The number of anilines is 1. The number of nitrogens with zero attached hydrogens (tertiary/aromatic N) is 1. The van der Waals surface area contributed by atoms with E-state index in [0.717, 1.165) is 32.6 Å². The number of pyridine rings is 4. The zero-order valence-electron chi connectivity index (χ0n) is 62.5. The molecule has 11 N–H and O–H groups in total. The Bertz CT molecular complexity index is 4880. The van der Waals surface area contributed by atoms with Gasteiger partial charge in [0.1, 0.15) is 16.7 Å². The molecule has 0 unspecified atom stereocenters. The summed E-state index contributed by atoms with van der Waals surface area (Å²) in [5, 5.41) is 11.3. The minimum absolute atomic E-state index is 0. The molecule has 3 radical (unpaired) electrons. The molecule has 0 aliphatic carbocycles. The number of ether oxygens (including phenoxy) is 2. The van der Waals surface area contributed by atoms with Crippen molar-refractivity contribution >= 4 is 239 Å². The maximum atomic E-state index is 12.2. The van der Waals surface area contributed by atoms with Crippen LogP contribution in [-0.4, -0.2) is 84.8 Å². The van der Waals surface area contributed by atoms with E-state index in [1.807, 2.05) is 69.2 Å². The predicted octanol–water partition coefficient (Wildman–Crippen LogP) is 12.3. The Hall–Kier alpha value is -4.71. The van der Waals surface area contributed by atoms with Crippen molar-refractivity contribution in [3.63, 3.8) is 0 Å². The number of aromatic nitrogens is 4. The van der Waals surface area contributed by atoms with Crippen LogP contribution in [-0.2, 0) is 47.2 Å². The van der Waals surface area contributed by atoms with E-state index in [2.05, 4.69) is 29.1 Å². The van der Waals surface area contributed by atoms with Crippen molar-refractivity contribution in [2.24, 2.45) is 15.3 Å². The second kappa shape index (κ2) is 47.5. The molecule has 0 bridgehead atoms. The largest absolute Gasteiger partial charge is 1.00 e. The van der Waals surface area contributed by atoms with E-state index in [1.165, 1.54) is 19.1 Å². The molecule has 4 aromatic heterocycles. The molecule has 0 amide bonds. The van der Waals surface area contributed by atoms with Gasteiger partial charge < -0.3 is 42.3 Å². The number of aldehydes is 1. The SMILES string of the molecule is CC(=N[S@@](=O)C(C)(C)C)c1cc2cc(Cl)ccc2[nH]c1=O.CC(=O)c1cc2cc(Cl)ccc2[nH]c1=O.CC(C)(C)[S@@](N)=O.CC1=CC(=O)OC(C)(C)O1.C[C@H](N)c1cc2cc(Cl)ccc2[nH]c1=O.C[C@H](N[S@@](=O)C(C)(C)C)c1cc2cc(Cl)ccc2[nH]c1=O.Cl.Nc1ccc(Cl)cc1C=O.S.S.S.S.[B].[H-].[Na+]. The maximum Gasteiger partial charge on any atom is 1.00 e. The minimum atomic E-state index is -1.41. The third-order valence-electron chi connectivity index (χ3n) is 13.4. The third-order valence-corrected chi connectivity index (χ3v) is 19.0. The third kappa shape index (κ3) is 34.7. The van der Waals surface area contributed by atoms with Crippen LogP contribution in [0.15, 0.2) is 151 Å².